The summed E-state index contributed by atoms with van der Waals surface area (Å²) in [6, 6.07) is 16.2. The van der Waals surface area contributed by atoms with Crippen LogP contribution >= 0.6 is 0 Å². The van der Waals surface area contributed by atoms with E-state index in [0.29, 0.717) is 17.0 Å². The summed E-state index contributed by atoms with van der Waals surface area (Å²) in [7, 11) is 1.58. The number of hydrogen-bond donors (Lipinski definition) is 2. The summed E-state index contributed by atoms with van der Waals surface area (Å²) in [6.07, 6.45) is 0. The number of hydrogen-bond acceptors (Lipinski definition) is 4. The van der Waals surface area contributed by atoms with E-state index in [9.17, 15) is 4.79 Å². The molecule has 0 unspecified atom stereocenters. The lowest BCUT2D eigenvalue weighted by Gasteiger charge is -2.11. The van der Waals surface area contributed by atoms with E-state index in [-0.39, 0.29) is 12.5 Å². The topological polar surface area (TPSA) is 74.2 Å². The summed E-state index contributed by atoms with van der Waals surface area (Å²) in [5, 5.41) is 14.6. The molecule has 21 heavy (non-hydrogen) atoms. The van der Waals surface area contributed by atoms with Crippen molar-refractivity contribution in [3.63, 3.8) is 0 Å². The lowest BCUT2D eigenvalue weighted by molar-refractivity contribution is -0.114. The Morgan fingerprint density at radius 3 is 2.81 bits per heavy atom. The van der Waals surface area contributed by atoms with E-state index < -0.39 is 0 Å². The van der Waals surface area contributed by atoms with Crippen molar-refractivity contribution < 1.29 is 9.53 Å². The molecular weight excluding hydrogens is 266 g/mol. The molecule has 5 heteroatoms. The second kappa shape index (κ2) is 6.96. The highest BCUT2D eigenvalue weighted by Gasteiger charge is 2.05. The maximum Gasteiger partial charge on any atom is 0.243 e. The summed E-state index contributed by atoms with van der Waals surface area (Å²) in [6.45, 7) is 0.108. The fourth-order valence-corrected chi connectivity index (χ4v) is 1.84. The Bertz CT molecular complexity index is 677. The van der Waals surface area contributed by atoms with Gasteiger partial charge in [0.15, 0.2) is 0 Å². The van der Waals surface area contributed by atoms with Gasteiger partial charge in [0, 0.05) is 5.69 Å². The number of methoxy groups -OCH3 is 1. The lowest BCUT2D eigenvalue weighted by Crippen LogP contribution is -2.21. The van der Waals surface area contributed by atoms with Crippen LogP contribution in [0.2, 0.25) is 0 Å². The number of nitrogens with one attached hydrogen (secondary N) is 2. The Kier molecular flexibility index (Phi) is 4.78. The van der Waals surface area contributed by atoms with Crippen LogP contribution in [-0.4, -0.2) is 19.6 Å². The van der Waals surface area contributed by atoms with Gasteiger partial charge in [-0.3, -0.25) is 4.79 Å². The second-order valence-corrected chi connectivity index (χ2v) is 4.29. The molecule has 0 fully saturated rings. The zero-order valence-corrected chi connectivity index (χ0v) is 11.6. The number of carbonyl (C=O) groups excluding carboxylic acids is 1. The minimum absolute atomic E-state index is 0.108. The van der Waals surface area contributed by atoms with Gasteiger partial charge in [-0.15, -0.1) is 0 Å². The molecule has 5 nitrogen and oxygen atoms in total. The van der Waals surface area contributed by atoms with Crippen LogP contribution in [0.3, 0.4) is 0 Å². The normalized spacial score (nSPS) is 9.52. The Balaban J connectivity index is 1.94. The van der Waals surface area contributed by atoms with Gasteiger partial charge >= 0.3 is 0 Å². The zero-order valence-electron chi connectivity index (χ0n) is 11.6. The predicted octanol–water partition coefficient (Wildman–Crippen LogP) is 2.62. The molecule has 2 N–H and O–H groups in total. The number of ether oxygens (including phenoxy) is 1. The molecule has 0 radical (unpaired) electrons. The quantitative estimate of drug-likeness (QED) is 0.883. The molecule has 0 aromatic heterocycles. The third kappa shape index (κ3) is 3.98. The first-order valence-corrected chi connectivity index (χ1v) is 6.40. The molecule has 0 aliphatic carbocycles. The van der Waals surface area contributed by atoms with Gasteiger partial charge in [-0.2, -0.15) is 5.26 Å². The number of nitriles is 1. The molecule has 2 aromatic rings. The predicted molar refractivity (Wildman–Crippen MR) is 81.3 cm³/mol. The van der Waals surface area contributed by atoms with Crippen LogP contribution in [0.15, 0.2) is 48.5 Å². The Labute approximate surface area is 123 Å². The highest BCUT2D eigenvalue weighted by atomic mass is 16.5. The van der Waals surface area contributed by atoms with Crippen molar-refractivity contribution in [2.45, 2.75) is 0 Å². The van der Waals surface area contributed by atoms with E-state index in [4.69, 9.17) is 10.00 Å². The first kappa shape index (κ1) is 14.4. The lowest BCUT2D eigenvalue weighted by atomic mass is 10.2. The van der Waals surface area contributed by atoms with E-state index in [1.807, 2.05) is 30.3 Å². The van der Waals surface area contributed by atoms with Crippen LogP contribution in [0.5, 0.6) is 5.75 Å². The monoisotopic (exact) mass is 281 g/mol. The molecular formula is C16H15N3O2. The smallest absolute Gasteiger partial charge is 0.243 e. The standard InChI is InChI=1S/C16H15N3O2/c1-21-15-8-3-2-7-14(15)18-11-16(20)19-13-6-4-5-12(9-13)10-17/h2-9,18H,11H2,1H3,(H,19,20). The van der Waals surface area contributed by atoms with Crippen LogP contribution in [0, 0.1) is 11.3 Å². The van der Waals surface area contributed by atoms with Crippen molar-refractivity contribution in [2.75, 3.05) is 24.3 Å². The number of amides is 1. The van der Waals surface area contributed by atoms with Crippen LogP contribution in [0.1, 0.15) is 5.56 Å². The number of benzene rings is 2. The van der Waals surface area contributed by atoms with E-state index >= 15 is 0 Å². The summed E-state index contributed by atoms with van der Waals surface area (Å²) in [5.41, 5.74) is 1.85. The molecule has 0 atom stereocenters. The highest BCUT2D eigenvalue weighted by Crippen LogP contribution is 2.22. The molecule has 2 aromatic carbocycles. The third-order valence-corrected chi connectivity index (χ3v) is 2.82. The highest BCUT2D eigenvalue weighted by molar-refractivity contribution is 5.94. The molecule has 0 aliphatic heterocycles. The zero-order chi connectivity index (χ0) is 15.1. The minimum Gasteiger partial charge on any atom is -0.495 e. The van der Waals surface area contributed by atoms with E-state index in [1.165, 1.54) is 0 Å². The number of carbonyl (C=O) groups is 1. The summed E-state index contributed by atoms with van der Waals surface area (Å²) < 4.78 is 5.20. The average Bonchev–Trinajstić information content (AvgIpc) is 2.53. The maximum absolute atomic E-state index is 11.9. The van der Waals surface area contributed by atoms with E-state index in [1.54, 1.807) is 31.4 Å². The number of nitrogens with zero attached hydrogens (tertiary/aromatic N) is 1. The summed E-state index contributed by atoms with van der Waals surface area (Å²) in [5.74, 6) is 0.479. The summed E-state index contributed by atoms with van der Waals surface area (Å²) in [4.78, 5) is 11.9. The second-order valence-electron chi connectivity index (χ2n) is 4.29. The van der Waals surface area contributed by atoms with Gasteiger partial charge in [0.2, 0.25) is 5.91 Å². The van der Waals surface area contributed by atoms with Gasteiger partial charge in [0.25, 0.3) is 0 Å². The van der Waals surface area contributed by atoms with E-state index in [0.717, 1.165) is 5.69 Å². The van der Waals surface area contributed by atoms with Gasteiger partial charge in [0.05, 0.1) is 31.0 Å². The van der Waals surface area contributed by atoms with Gasteiger partial charge < -0.3 is 15.4 Å². The van der Waals surface area contributed by atoms with Gasteiger partial charge in [-0.1, -0.05) is 18.2 Å². The first-order valence-electron chi connectivity index (χ1n) is 6.40. The number of anilines is 2. The molecule has 0 spiro atoms. The molecule has 0 heterocycles. The minimum atomic E-state index is -0.198. The van der Waals surface area contributed by atoms with Crippen LogP contribution in [0.25, 0.3) is 0 Å². The SMILES string of the molecule is COc1ccccc1NCC(=O)Nc1cccc(C#N)c1. The number of rotatable bonds is 5. The number of para-hydroxylation sites is 2. The summed E-state index contributed by atoms with van der Waals surface area (Å²) >= 11 is 0. The van der Waals surface area contributed by atoms with Gasteiger partial charge in [-0.05, 0) is 30.3 Å². The molecule has 0 saturated heterocycles. The Morgan fingerprint density at radius 1 is 1.24 bits per heavy atom. The maximum atomic E-state index is 11.9. The molecule has 2 rings (SSSR count). The van der Waals surface area contributed by atoms with Crippen molar-refractivity contribution >= 4 is 17.3 Å². The van der Waals surface area contributed by atoms with Crippen LogP contribution in [-0.2, 0) is 4.79 Å². The van der Waals surface area contributed by atoms with Crippen LogP contribution in [0.4, 0.5) is 11.4 Å². The Hall–Kier alpha value is -3.00. The van der Waals surface area contributed by atoms with Crippen molar-refractivity contribution in [3.8, 4) is 11.8 Å². The molecule has 106 valence electrons. The van der Waals surface area contributed by atoms with Crippen molar-refractivity contribution in [3.05, 3.63) is 54.1 Å². The first-order chi connectivity index (χ1) is 10.2. The van der Waals surface area contributed by atoms with Crippen molar-refractivity contribution in [2.24, 2.45) is 0 Å². The fraction of sp³-hybridized carbons (Fsp3) is 0.125. The average molecular weight is 281 g/mol. The largest absolute Gasteiger partial charge is 0.495 e. The van der Waals surface area contributed by atoms with Crippen LogP contribution < -0.4 is 15.4 Å². The molecule has 0 saturated carbocycles. The molecule has 0 bridgehead atoms. The fourth-order valence-electron chi connectivity index (χ4n) is 1.84. The van der Waals surface area contributed by atoms with Crippen molar-refractivity contribution in [1.29, 1.82) is 5.26 Å². The third-order valence-electron chi connectivity index (χ3n) is 2.82. The van der Waals surface area contributed by atoms with Crippen molar-refractivity contribution in [1.82, 2.24) is 0 Å². The molecule has 0 aliphatic rings. The van der Waals surface area contributed by atoms with Gasteiger partial charge in [-0.25, -0.2) is 0 Å². The van der Waals surface area contributed by atoms with Gasteiger partial charge in [0.1, 0.15) is 5.75 Å². The Morgan fingerprint density at radius 2 is 2.05 bits per heavy atom. The van der Waals surface area contributed by atoms with E-state index in [2.05, 4.69) is 10.6 Å². The molecule has 1 amide bonds.